The van der Waals surface area contributed by atoms with Gasteiger partial charge in [0.05, 0.1) is 6.61 Å². The standard InChI is InChI=1S/C20H26O6/c21-13-16(22)17(23)18(24)19(25)20(26,11-14-7-3-1-4-8-14)12-15-9-5-2-6-10-15/h1-10,16-19,21-26H,11-13H2/t16-,17-,18+,19+/m1/s1/i11D,12D/t11?,12?,16-,17-,18+,19+,20?. The van der Waals surface area contributed by atoms with Gasteiger partial charge in [-0.05, 0) is 11.1 Å². The average Bonchev–Trinajstić information content (AvgIpc) is 2.76. The summed E-state index contributed by atoms with van der Waals surface area (Å²) in [5.74, 6) is 0. The topological polar surface area (TPSA) is 121 Å². The van der Waals surface area contributed by atoms with E-state index in [1.54, 1.807) is 60.7 Å². The summed E-state index contributed by atoms with van der Waals surface area (Å²) in [4.78, 5) is 0. The lowest BCUT2D eigenvalue weighted by atomic mass is 9.79. The first-order valence-electron chi connectivity index (χ1n) is 9.40. The second kappa shape index (κ2) is 9.23. The minimum Gasteiger partial charge on any atom is -0.394 e. The van der Waals surface area contributed by atoms with Crippen molar-refractivity contribution in [3.8, 4) is 0 Å². The lowest BCUT2D eigenvalue weighted by Crippen LogP contribution is -2.57. The Balaban J connectivity index is 2.49. The Bertz CT molecular complexity index is 672. The Kier molecular flexibility index (Phi) is 6.25. The zero-order valence-corrected chi connectivity index (χ0v) is 14.1. The lowest BCUT2D eigenvalue weighted by molar-refractivity contribution is -0.172. The molecule has 0 bridgehead atoms. The van der Waals surface area contributed by atoms with Crippen molar-refractivity contribution < 1.29 is 33.4 Å². The minimum atomic E-state index is -2.54. The molecule has 0 spiro atoms. The van der Waals surface area contributed by atoms with Crippen molar-refractivity contribution in [1.29, 1.82) is 0 Å². The zero-order valence-electron chi connectivity index (χ0n) is 16.1. The molecule has 0 saturated heterocycles. The van der Waals surface area contributed by atoms with E-state index < -0.39 is 49.4 Å². The fraction of sp³-hybridized carbons (Fsp3) is 0.400. The van der Waals surface area contributed by atoms with E-state index >= 15 is 0 Å². The highest BCUT2D eigenvalue weighted by Gasteiger charge is 2.44. The van der Waals surface area contributed by atoms with Crippen LogP contribution in [-0.4, -0.2) is 67.3 Å². The van der Waals surface area contributed by atoms with Crippen LogP contribution in [0.3, 0.4) is 0 Å². The summed E-state index contributed by atoms with van der Waals surface area (Å²) in [6, 6.07) is 16.1. The molecular weight excluding hydrogens is 336 g/mol. The Morgan fingerprint density at radius 3 is 1.58 bits per heavy atom. The Morgan fingerprint density at radius 1 is 0.769 bits per heavy atom. The van der Waals surface area contributed by atoms with Gasteiger partial charge in [0.25, 0.3) is 0 Å². The van der Waals surface area contributed by atoms with Crippen LogP contribution < -0.4 is 0 Å². The van der Waals surface area contributed by atoms with Crippen molar-refractivity contribution in [2.45, 2.75) is 42.8 Å². The molecule has 0 aliphatic heterocycles. The molecule has 0 aromatic heterocycles. The van der Waals surface area contributed by atoms with Crippen molar-refractivity contribution in [1.82, 2.24) is 0 Å². The maximum absolute atomic E-state index is 11.4. The van der Waals surface area contributed by atoms with Gasteiger partial charge in [0.1, 0.15) is 30.0 Å². The van der Waals surface area contributed by atoms with Crippen molar-refractivity contribution >= 4 is 0 Å². The molecule has 26 heavy (non-hydrogen) atoms. The summed E-state index contributed by atoms with van der Waals surface area (Å²) >= 11 is 0. The molecule has 0 aliphatic rings. The fourth-order valence-corrected chi connectivity index (χ4v) is 2.64. The molecule has 6 nitrogen and oxygen atoms in total. The van der Waals surface area contributed by atoms with Gasteiger partial charge in [-0.1, -0.05) is 60.7 Å². The van der Waals surface area contributed by atoms with E-state index in [1.165, 1.54) is 0 Å². The van der Waals surface area contributed by atoms with Gasteiger partial charge in [0, 0.05) is 15.5 Å². The van der Waals surface area contributed by atoms with Gasteiger partial charge in [-0.3, -0.25) is 0 Å². The van der Waals surface area contributed by atoms with Gasteiger partial charge >= 0.3 is 0 Å². The van der Waals surface area contributed by atoms with Gasteiger partial charge in [-0.2, -0.15) is 0 Å². The van der Waals surface area contributed by atoms with Crippen LogP contribution in [0.4, 0.5) is 0 Å². The Hall–Kier alpha value is -1.80. The minimum absolute atomic E-state index is 0.293. The van der Waals surface area contributed by atoms with E-state index in [0.717, 1.165) is 0 Å². The number of benzene rings is 2. The van der Waals surface area contributed by atoms with Crippen LogP contribution in [0.2, 0.25) is 0 Å². The molecule has 2 aromatic rings. The van der Waals surface area contributed by atoms with Gasteiger partial charge < -0.3 is 30.6 Å². The molecule has 142 valence electrons. The predicted molar refractivity (Wildman–Crippen MR) is 96.4 cm³/mol. The second-order valence-corrected chi connectivity index (χ2v) is 6.17. The third-order valence-corrected chi connectivity index (χ3v) is 4.12. The Labute approximate surface area is 155 Å². The molecular formula is C20H26O6. The Morgan fingerprint density at radius 2 is 1.19 bits per heavy atom. The molecule has 2 aromatic carbocycles. The van der Waals surface area contributed by atoms with E-state index in [-0.39, 0.29) is 0 Å². The van der Waals surface area contributed by atoms with Crippen LogP contribution in [0.5, 0.6) is 0 Å². The molecule has 6 heteroatoms. The van der Waals surface area contributed by atoms with Gasteiger partial charge in [0.2, 0.25) is 0 Å². The highest BCUT2D eigenvalue weighted by molar-refractivity contribution is 5.23. The van der Waals surface area contributed by atoms with Crippen molar-refractivity contribution in [3.63, 3.8) is 0 Å². The van der Waals surface area contributed by atoms with E-state index in [0.29, 0.717) is 11.1 Å². The first-order valence-corrected chi connectivity index (χ1v) is 8.25. The summed E-state index contributed by atoms with van der Waals surface area (Å²) < 4.78 is 17.1. The largest absolute Gasteiger partial charge is 0.394 e. The van der Waals surface area contributed by atoms with Gasteiger partial charge in [0.15, 0.2) is 0 Å². The highest BCUT2D eigenvalue weighted by atomic mass is 16.4. The summed E-state index contributed by atoms with van der Waals surface area (Å²) in [7, 11) is 0. The third kappa shape index (κ3) is 5.11. The third-order valence-electron chi connectivity index (χ3n) is 4.12. The quantitative estimate of drug-likeness (QED) is 0.361. The molecule has 0 heterocycles. The van der Waals surface area contributed by atoms with Crippen molar-refractivity contribution in [2.24, 2.45) is 0 Å². The molecule has 0 amide bonds. The van der Waals surface area contributed by atoms with Gasteiger partial charge in [-0.15, -0.1) is 0 Å². The van der Waals surface area contributed by atoms with Crippen molar-refractivity contribution in [2.75, 3.05) is 6.61 Å². The summed E-state index contributed by atoms with van der Waals surface area (Å²) in [6.45, 7) is -0.880. The molecule has 2 unspecified atom stereocenters. The first-order chi connectivity index (χ1) is 13.2. The molecule has 6 N–H and O–H groups in total. The number of aliphatic hydroxyl groups excluding tert-OH is 5. The van der Waals surface area contributed by atoms with E-state index in [4.69, 9.17) is 7.85 Å². The summed E-state index contributed by atoms with van der Waals surface area (Å²) in [6.07, 6.45) is -11.2. The fourth-order valence-electron chi connectivity index (χ4n) is 2.64. The molecule has 0 aliphatic carbocycles. The van der Waals surface area contributed by atoms with Crippen LogP contribution in [0.15, 0.2) is 60.7 Å². The van der Waals surface area contributed by atoms with Crippen LogP contribution in [0.1, 0.15) is 13.9 Å². The van der Waals surface area contributed by atoms with Crippen LogP contribution in [0.25, 0.3) is 0 Å². The number of hydrogen-bond donors (Lipinski definition) is 6. The monoisotopic (exact) mass is 364 g/mol. The van der Waals surface area contributed by atoms with Crippen LogP contribution >= 0.6 is 0 Å². The molecule has 0 fully saturated rings. The van der Waals surface area contributed by atoms with Gasteiger partial charge in [-0.25, -0.2) is 0 Å². The van der Waals surface area contributed by atoms with E-state index in [1.807, 2.05) is 0 Å². The van der Waals surface area contributed by atoms with E-state index in [9.17, 15) is 25.5 Å². The maximum Gasteiger partial charge on any atom is 0.112 e. The normalized spacial score (nSPS) is 22.1. The molecule has 0 saturated carbocycles. The summed E-state index contributed by atoms with van der Waals surface area (Å²) in [5, 5.41) is 60.9. The highest BCUT2D eigenvalue weighted by Crippen LogP contribution is 2.26. The zero-order chi connectivity index (χ0) is 20.9. The maximum atomic E-state index is 11.4. The summed E-state index contributed by atoms with van der Waals surface area (Å²) in [5.41, 5.74) is -1.96. The SMILES string of the molecule is [2H]C(c1ccccc1)C(O)(C([2H])c1ccccc1)[C@@H](O)[C@@H](O)[C@H](O)[C@H](O)CO. The van der Waals surface area contributed by atoms with Crippen LogP contribution in [0, 0.1) is 0 Å². The first kappa shape index (κ1) is 17.6. The smallest absolute Gasteiger partial charge is 0.112 e. The second-order valence-electron chi connectivity index (χ2n) is 6.17. The number of hydrogen-bond acceptors (Lipinski definition) is 6. The molecule has 0 radical (unpaired) electrons. The van der Waals surface area contributed by atoms with E-state index in [2.05, 4.69) is 0 Å². The number of rotatable bonds is 9. The number of aliphatic hydroxyl groups is 6. The predicted octanol–water partition coefficient (Wildman–Crippen LogP) is -0.361. The lowest BCUT2D eigenvalue weighted by Gasteiger charge is -2.38. The molecule has 2 rings (SSSR count). The average molecular weight is 364 g/mol. The van der Waals surface area contributed by atoms with Crippen LogP contribution in [-0.2, 0) is 12.8 Å². The van der Waals surface area contributed by atoms with Crippen molar-refractivity contribution in [3.05, 3.63) is 71.8 Å². The molecule has 6 atom stereocenters.